The molecule has 1 aliphatic carbocycles. The number of rotatable bonds is 12. The molecule has 0 bridgehead atoms. The lowest BCUT2D eigenvalue weighted by Gasteiger charge is -2.24. The number of aryl methyl sites for hydroxylation is 1. The van der Waals surface area contributed by atoms with Crippen molar-refractivity contribution in [2.45, 2.75) is 58.5 Å². The van der Waals surface area contributed by atoms with E-state index in [1.165, 1.54) is 34.3 Å². The largest absolute Gasteiger partial charge is 0.493 e. The number of benzene rings is 1. The van der Waals surface area contributed by atoms with Crippen molar-refractivity contribution in [1.29, 1.82) is 0 Å². The predicted molar refractivity (Wildman–Crippen MR) is 159 cm³/mol. The Balaban J connectivity index is 2.17. The summed E-state index contributed by atoms with van der Waals surface area (Å²) in [5.41, 5.74) is 2.83. The van der Waals surface area contributed by atoms with Gasteiger partial charge in [-0.3, -0.25) is 19.2 Å². The molecule has 0 radical (unpaired) electrons. The fourth-order valence-electron chi connectivity index (χ4n) is 5.20. The van der Waals surface area contributed by atoms with Crippen molar-refractivity contribution in [3.8, 4) is 28.4 Å². The Bertz CT molecular complexity index is 1380. The maximum Gasteiger partial charge on any atom is 0.307 e. The minimum Gasteiger partial charge on any atom is -0.493 e. The van der Waals surface area contributed by atoms with Gasteiger partial charge in [-0.2, -0.15) is 0 Å². The van der Waals surface area contributed by atoms with Gasteiger partial charge in [-0.15, -0.1) is 0 Å². The van der Waals surface area contributed by atoms with Crippen molar-refractivity contribution in [2.24, 2.45) is 5.92 Å². The molecule has 42 heavy (non-hydrogen) atoms. The average Bonchev–Trinajstić information content (AvgIpc) is 3.22. The van der Waals surface area contributed by atoms with Crippen LogP contribution in [-0.4, -0.2) is 58.8 Å². The summed E-state index contributed by atoms with van der Waals surface area (Å²) in [6, 6.07) is 5.65. The van der Waals surface area contributed by atoms with Gasteiger partial charge < -0.3 is 34.9 Å². The Morgan fingerprint density at radius 2 is 1.74 bits per heavy atom. The number of anilines is 1. The Morgan fingerprint density at radius 1 is 1.02 bits per heavy atom. The van der Waals surface area contributed by atoms with Crippen LogP contribution in [0.4, 0.5) is 5.69 Å². The van der Waals surface area contributed by atoms with E-state index in [1.54, 1.807) is 19.2 Å². The van der Waals surface area contributed by atoms with Crippen molar-refractivity contribution >= 4 is 23.5 Å². The third-order valence-corrected chi connectivity index (χ3v) is 7.58. The van der Waals surface area contributed by atoms with Crippen LogP contribution in [0.2, 0.25) is 0 Å². The van der Waals surface area contributed by atoms with Gasteiger partial charge >= 0.3 is 5.97 Å². The molecule has 3 rings (SSSR count). The Hall–Kier alpha value is -4.28. The first kappa shape index (κ1) is 32.2. The van der Waals surface area contributed by atoms with Crippen molar-refractivity contribution in [1.82, 2.24) is 10.6 Å². The molecule has 2 aromatic carbocycles. The molecule has 0 aliphatic heterocycles. The number of carbonyl (C=O) groups excluding carboxylic acids is 3. The SMILES string of the molecule is CCC(C)C(Nc1ccc2c(cc1=O)C(NC(C)=O)CCc1cc(OC)c(OC)c(OC)c1-2)C(=O)NCCC(=O)OC. The number of hydrogen-bond acceptors (Lipinski definition) is 9. The molecule has 11 nitrogen and oxygen atoms in total. The maximum atomic E-state index is 13.7. The lowest BCUT2D eigenvalue weighted by Crippen LogP contribution is -2.45. The summed E-state index contributed by atoms with van der Waals surface area (Å²) in [5, 5.41) is 8.90. The van der Waals surface area contributed by atoms with Crippen LogP contribution in [0.3, 0.4) is 0 Å². The second-order valence-electron chi connectivity index (χ2n) is 10.2. The van der Waals surface area contributed by atoms with E-state index in [1.807, 2.05) is 19.9 Å². The van der Waals surface area contributed by atoms with E-state index in [9.17, 15) is 19.2 Å². The molecule has 3 unspecified atom stereocenters. The first-order valence-corrected chi connectivity index (χ1v) is 14.0. The number of esters is 1. The zero-order valence-corrected chi connectivity index (χ0v) is 25.3. The van der Waals surface area contributed by atoms with Crippen LogP contribution < -0.4 is 35.6 Å². The van der Waals surface area contributed by atoms with Crippen LogP contribution in [0.15, 0.2) is 29.1 Å². The summed E-state index contributed by atoms with van der Waals surface area (Å²) < 4.78 is 21.7. The third-order valence-electron chi connectivity index (χ3n) is 7.58. The summed E-state index contributed by atoms with van der Waals surface area (Å²) >= 11 is 0. The van der Waals surface area contributed by atoms with Gasteiger partial charge in [0.25, 0.3) is 0 Å². The topological polar surface area (TPSA) is 141 Å². The summed E-state index contributed by atoms with van der Waals surface area (Å²) in [6.45, 7) is 5.42. The summed E-state index contributed by atoms with van der Waals surface area (Å²) in [7, 11) is 5.91. The second-order valence-corrected chi connectivity index (χ2v) is 10.2. The van der Waals surface area contributed by atoms with E-state index in [2.05, 4.69) is 20.7 Å². The van der Waals surface area contributed by atoms with Crippen LogP contribution >= 0.6 is 0 Å². The number of hydrogen-bond donors (Lipinski definition) is 3. The van der Waals surface area contributed by atoms with Crippen LogP contribution in [0, 0.1) is 5.92 Å². The van der Waals surface area contributed by atoms with E-state index in [-0.39, 0.29) is 41.8 Å². The van der Waals surface area contributed by atoms with Gasteiger partial charge in [0, 0.05) is 19.0 Å². The molecule has 0 aromatic heterocycles. The highest BCUT2D eigenvalue weighted by Crippen LogP contribution is 2.50. The number of ether oxygens (including phenoxy) is 4. The minimum atomic E-state index is -0.736. The molecule has 11 heteroatoms. The van der Waals surface area contributed by atoms with Gasteiger partial charge in [-0.05, 0) is 53.6 Å². The molecule has 2 amide bonds. The Morgan fingerprint density at radius 3 is 2.33 bits per heavy atom. The van der Waals surface area contributed by atoms with Crippen molar-refractivity contribution in [2.75, 3.05) is 40.3 Å². The summed E-state index contributed by atoms with van der Waals surface area (Å²) in [5.74, 6) is 0.255. The van der Waals surface area contributed by atoms with Crippen LogP contribution in [-0.2, 0) is 25.5 Å². The highest BCUT2D eigenvalue weighted by molar-refractivity contribution is 5.86. The summed E-state index contributed by atoms with van der Waals surface area (Å²) in [6.07, 6.45) is 1.82. The Kier molecular flexibility index (Phi) is 11.2. The number of fused-ring (bicyclic) bond motifs is 3. The molecule has 0 spiro atoms. The number of nitrogens with one attached hydrogen (secondary N) is 3. The molecular formula is C31H41N3O8. The zero-order valence-electron chi connectivity index (χ0n) is 25.3. The smallest absolute Gasteiger partial charge is 0.307 e. The maximum absolute atomic E-state index is 13.7. The monoisotopic (exact) mass is 583 g/mol. The van der Waals surface area contributed by atoms with Crippen molar-refractivity contribution < 1.29 is 33.3 Å². The van der Waals surface area contributed by atoms with E-state index in [0.717, 1.165) is 11.1 Å². The van der Waals surface area contributed by atoms with Crippen molar-refractivity contribution in [3.63, 3.8) is 0 Å². The fraction of sp³-hybridized carbons (Fsp3) is 0.484. The van der Waals surface area contributed by atoms with E-state index in [4.69, 9.17) is 14.2 Å². The Labute approximate surface area is 246 Å². The van der Waals surface area contributed by atoms with Crippen LogP contribution in [0.25, 0.3) is 11.1 Å². The molecule has 3 N–H and O–H groups in total. The first-order chi connectivity index (χ1) is 20.1. The lowest BCUT2D eigenvalue weighted by atomic mass is 9.95. The molecule has 228 valence electrons. The molecule has 0 saturated heterocycles. The predicted octanol–water partition coefficient (Wildman–Crippen LogP) is 3.37. The van der Waals surface area contributed by atoms with Gasteiger partial charge in [-0.25, -0.2) is 0 Å². The van der Waals surface area contributed by atoms with Crippen LogP contribution in [0.1, 0.15) is 57.2 Å². The van der Waals surface area contributed by atoms with Gasteiger partial charge in [0.05, 0.1) is 46.6 Å². The van der Waals surface area contributed by atoms with Gasteiger partial charge in [0.1, 0.15) is 6.04 Å². The number of methoxy groups -OCH3 is 4. The molecule has 1 aliphatic rings. The molecular weight excluding hydrogens is 542 g/mol. The quantitative estimate of drug-likeness (QED) is 0.321. The minimum absolute atomic E-state index is 0.0370. The van der Waals surface area contributed by atoms with E-state index in [0.29, 0.717) is 47.6 Å². The molecule has 0 saturated carbocycles. The highest BCUT2D eigenvalue weighted by Gasteiger charge is 2.30. The number of amides is 2. The molecule has 2 aromatic rings. The highest BCUT2D eigenvalue weighted by atomic mass is 16.5. The molecule has 3 atom stereocenters. The van der Waals surface area contributed by atoms with Gasteiger partial charge in [-0.1, -0.05) is 26.3 Å². The summed E-state index contributed by atoms with van der Waals surface area (Å²) in [4.78, 5) is 50.5. The first-order valence-electron chi connectivity index (χ1n) is 14.0. The van der Waals surface area contributed by atoms with E-state index >= 15 is 0 Å². The number of carbonyl (C=O) groups is 3. The standard InChI is InChI=1S/C31H41N3O8/c1-8-17(2)28(31(38)32-14-13-26(37)40-5)34-23-12-10-20-21(16-24(23)36)22(33-18(3)35)11-9-19-15-25(39-4)29(41-6)30(42-7)27(19)20/h10,12,15-17,22,28H,8-9,11,13-14H2,1-7H3,(H,32,38)(H,33,35)(H,34,36). The second kappa shape index (κ2) is 14.6. The molecule has 0 heterocycles. The van der Waals surface area contributed by atoms with E-state index < -0.39 is 18.1 Å². The lowest BCUT2D eigenvalue weighted by molar-refractivity contribution is -0.140. The van der Waals surface area contributed by atoms with Gasteiger partial charge in [0.15, 0.2) is 11.5 Å². The molecule has 0 fully saturated rings. The third kappa shape index (κ3) is 7.13. The fourth-order valence-corrected chi connectivity index (χ4v) is 5.20. The van der Waals surface area contributed by atoms with Gasteiger partial charge in [0.2, 0.25) is 23.0 Å². The van der Waals surface area contributed by atoms with Crippen molar-refractivity contribution in [3.05, 3.63) is 45.6 Å². The average molecular weight is 584 g/mol. The van der Waals surface area contributed by atoms with Crippen LogP contribution in [0.5, 0.6) is 17.2 Å². The normalized spacial score (nSPS) is 15.1. The zero-order chi connectivity index (χ0) is 31.0.